The van der Waals surface area contributed by atoms with Gasteiger partial charge in [0.2, 0.25) is 0 Å². The zero-order valence-corrected chi connectivity index (χ0v) is 7.82. The average molecular weight is 171 g/mol. The second kappa shape index (κ2) is 3.32. The van der Waals surface area contributed by atoms with E-state index >= 15 is 0 Å². The van der Waals surface area contributed by atoms with Gasteiger partial charge in [0.25, 0.3) is 0 Å². The number of ether oxygens (including phenoxy) is 2. The van der Waals surface area contributed by atoms with Crippen LogP contribution >= 0.6 is 0 Å². The summed E-state index contributed by atoms with van der Waals surface area (Å²) in [5.41, 5.74) is 0. The molecule has 3 nitrogen and oxygen atoms in total. The summed E-state index contributed by atoms with van der Waals surface area (Å²) in [5, 5.41) is 0. The van der Waals surface area contributed by atoms with Gasteiger partial charge in [-0.3, -0.25) is 4.90 Å². The third-order valence-corrected chi connectivity index (χ3v) is 2.72. The fourth-order valence-corrected chi connectivity index (χ4v) is 1.91. The van der Waals surface area contributed by atoms with Crippen LogP contribution in [-0.4, -0.2) is 49.5 Å². The highest BCUT2D eigenvalue weighted by atomic mass is 16.6. The van der Waals surface area contributed by atoms with Crippen LogP contribution < -0.4 is 0 Å². The fourth-order valence-electron chi connectivity index (χ4n) is 1.91. The van der Waals surface area contributed by atoms with E-state index in [1.54, 1.807) is 0 Å². The predicted molar refractivity (Wildman–Crippen MR) is 46.2 cm³/mol. The maximum atomic E-state index is 5.62. The number of likely N-dealkylation sites (tertiary alicyclic amines) is 1. The van der Waals surface area contributed by atoms with Crippen molar-refractivity contribution >= 4 is 0 Å². The summed E-state index contributed by atoms with van der Waals surface area (Å²) in [5.74, 6) is 0. The van der Waals surface area contributed by atoms with E-state index in [-0.39, 0.29) is 0 Å². The normalized spacial score (nSPS) is 37.2. The quantitative estimate of drug-likeness (QED) is 0.573. The Morgan fingerprint density at radius 2 is 1.58 bits per heavy atom. The molecule has 0 aromatic rings. The number of nitrogens with zero attached hydrogens (tertiary/aromatic N) is 1. The molecular formula is C9H17NO2. The largest absolute Gasteiger partial charge is 0.372 e. The Morgan fingerprint density at radius 1 is 1.08 bits per heavy atom. The van der Waals surface area contributed by atoms with Gasteiger partial charge in [-0.05, 0) is 13.8 Å². The van der Waals surface area contributed by atoms with Gasteiger partial charge in [0, 0.05) is 19.1 Å². The van der Waals surface area contributed by atoms with Gasteiger partial charge in [-0.1, -0.05) is 0 Å². The molecule has 12 heavy (non-hydrogen) atoms. The van der Waals surface area contributed by atoms with Crippen LogP contribution in [0.4, 0.5) is 0 Å². The monoisotopic (exact) mass is 171 g/mol. The van der Waals surface area contributed by atoms with Gasteiger partial charge in [-0.2, -0.15) is 0 Å². The summed E-state index contributed by atoms with van der Waals surface area (Å²) in [7, 11) is 0. The first-order chi connectivity index (χ1) is 5.77. The van der Waals surface area contributed by atoms with Crippen LogP contribution in [0.25, 0.3) is 0 Å². The van der Waals surface area contributed by atoms with Crippen molar-refractivity contribution in [2.24, 2.45) is 0 Å². The zero-order valence-electron chi connectivity index (χ0n) is 7.82. The maximum Gasteiger partial charge on any atom is 0.0977 e. The van der Waals surface area contributed by atoms with Crippen molar-refractivity contribution in [3.05, 3.63) is 0 Å². The molecule has 2 heterocycles. The molecule has 2 rings (SSSR count). The Morgan fingerprint density at radius 3 is 2.00 bits per heavy atom. The Hall–Kier alpha value is -0.120. The second-order valence-electron chi connectivity index (χ2n) is 3.87. The van der Waals surface area contributed by atoms with E-state index in [0.717, 1.165) is 26.3 Å². The lowest BCUT2D eigenvalue weighted by atomic mass is 10.2. The molecule has 70 valence electrons. The molecule has 2 saturated heterocycles. The van der Waals surface area contributed by atoms with E-state index < -0.39 is 0 Å². The standard InChI is InChI=1S/C9H17NO2/c1-7(2)10-5-8-9(6-10)12-4-3-11-8/h7-9H,3-6H2,1-2H3/t8-,9+. The maximum absolute atomic E-state index is 5.62. The lowest BCUT2D eigenvalue weighted by Gasteiger charge is -2.24. The number of fused-ring (bicyclic) bond motifs is 1. The van der Waals surface area contributed by atoms with E-state index in [1.165, 1.54) is 0 Å². The Bertz CT molecular complexity index is 147. The van der Waals surface area contributed by atoms with Gasteiger partial charge in [0.1, 0.15) is 0 Å². The third-order valence-electron chi connectivity index (χ3n) is 2.72. The third kappa shape index (κ3) is 1.49. The fraction of sp³-hybridized carbons (Fsp3) is 1.00. The SMILES string of the molecule is CC(C)N1C[C@@H]2OCCO[C@@H]2C1. The first-order valence-corrected chi connectivity index (χ1v) is 4.74. The first kappa shape index (κ1) is 8.48. The summed E-state index contributed by atoms with van der Waals surface area (Å²) in [6.45, 7) is 8.07. The van der Waals surface area contributed by atoms with Crippen LogP contribution in [0.3, 0.4) is 0 Å². The molecule has 0 bridgehead atoms. The van der Waals surface area contributed by atoms with Crippen LogP contribution in [0.15, 0.2) is 0 Å². The number of rotatable bonds is 1. The van der Waals surface area contributed by atoms with Gasteiger partial charge < -0.3 is 9.47 Å². The number of hydrogen-bond donors (Lipinski definition) is 0. The highest BCUT2D eigenvalue weighted by Crippen LogP contribution is 2.21. The average Bonchev–Trinajstić information content (AvgIpc) is 2.46. The van der Waals surface area contributed by atoms with Crippen molar-refractivity contribution < 1.29 is 9.47 Å². The van der Waals surface area contributed by atoms with Crippen LogP contribution in [0.1, 0.15) is 13.8 Å². The molecular weight excluding hydrogens is 154 g/mol. The topological polar surface area (TPSA) is 21.7 Å². The molecule has 0 N–H and O–H groups in total. The van der Waals surface area contributed by atoms with Crippen molar-refractivity contribution in [1.82, 2.24) is 4.90 Å². The Balaban J connectivity index is 1.94. The van der Waals surface area contributed by atoms with Crippen molar-refractivity contribution in [2.75, 3.05) is 26.3 Å². The number of hydrogen-bond acceptors (Lipinski definition) is 3. The summed E-state index contributed by atoms with van der Waals surface area (Å²) >= 11 is 0. The molecule has 0 radical (unpaired) electrons. The van der Waals surface area contributed by atoms with Crippen molar-refractivity contribution in [3.8, 4) is 0 Å². The van der Waals surface area contributed by atoms with Crippen molar-refractivity contribution in [1.29, 1.82) is 0 Å². The molecule has 0 amide bonds. The lowest BCUT2D eigenvalue weighted by molar-refractivity contribution is -0.116. The van der Waals surface area contributed by atoms with E-state index in [1.807, 2.05) is 0 Å². The minimum absolute atomic E-state index is 0.334. The molecule has 2 fully saturated rings. The minimum Gasteiger partial charge on any atom is -0.372 e. The smallest absolute Gasteiger partial charge is 0.0977 e. The Labute approximate surface area is 73.6 Å². The van der Waals surface area contributed by atoms with E-state index in [2.05, 4.69) is 18.7 Å². The molecule has 0 aliphatic carbocycles. The Kier molecular flexibility index (Phi) is 2.35. The van der Waals surface area contributed by atoms with Crippen molar-refractivity contribution in [2.45, 2.75) is 32.1 Å². The first-order valence-electron chi connectivity index (χ1n) is 4.74. The van der Waals surface area contributed by atoms with E-state index in [0.29, 0.717) is 18.2 Å². The van der Waals surface area contributed by atoms with Gasteiger partial charge in [0.15, 0.2) is 0 Å². The summed E-state index contributed by atoms with van der Waals surface area (Å²) in [6.07, 6.45) is 0.669. The molecule has 0 saturated carbocycles. The highest BCUT2D eigenvalue weighted by Gasteiger charge is 2.37. The molecule has 2 aliphatic heterocycles. The molecule has 0 aromatic carbocycles. The lowest BCUT2D eigenvalue weighted by Crippen LogP contribution is -2.36. The summed E-state index contributed by atoms with van der Waals surface area (Å²) in [6, 6.07) is 0.614. The van der Waals surface area contributed by atoms with Crippen LogP contribution in [0.2, 0.25) is 0 Å². The second-order valence-corrected chi connectivity index (χ2v) is 3.87. The molecule has 0 aromatic heterocycles. The summed E-state index contributed by atoms with van der Waals surface area (Å²) < 4.78 is 11.2. The van der Waals surface area contributed by atoms with Gasteiger partial charge >= 0.3 is 0 Å². The molecule has 2 aliphatic rings. The summed E-state index contributed by atoms with van der Waals surface area (Å²) in [4.78, 5) is 2.42. The van der Waals surface area contributed by atoms with Crippen LogP contribution in [0, 0.1) is 0 Å². The zero-order chi connectivity index (χ0) is 8.55. The molecule has 3 heteroatoms. The highest BCUT2D eigenvalue weighted by molar-refractivity contribution is 4.88. The van der Waals surface area contributed by atoms with Crippen LogP contribution in [-0.2, 0) is 9.47 Å². The molecule has 0 unspecified atom stereocenters. The van der Waals surface area contributed by atoms with E-state index in [4.69, 9.17) is 9.47 Å². The van der Waals surface area contributed by atoms with Crippen molar-refractivity contribution in [3.63, 3.8) is 0 Å². The predicted octanol–water partition coefficient (Wildman–Crippen LogP) is 0.494. The molecule has 2 atom stereocenters. The van der Waals surface area contributed by atoms with Gasteiger partial charge in [-0.15, -0.1) is 0 Å². The van der Waals surface area contributed by atoms with Gasteiger partial charge in [0.05, 0.1) is 25.4 Å². The molecule has 0 spiro atoms. The minimum atomic E-state index is 0.334. The van der Waals surface area contributed by atoms with Crippen LogP contribution in [0.5, 0.6) is 0 Å². The van der Waals surface area contributed by atoms with E-state index in [9.17, 15) is 0 Å². The van der Waals surface area contributed by atoms with Gasteiger partial charge in [-0.25, -0.2) is 0 Å².